The summed E-state index contributed by atoms with van der Waals surface area (Å²) in [5.74, 6) is -1.65. The predicted octanol–water partition coefficient (Wildman–Crippen LogP) is 2.06. The second-order valence-electron chi connectivity index (χ2n) is 6.06. The maximum atomic E-state index is 12.0. The first kappa shape index (κ1) is 22.2. The van der Waals surface area contributed by atoms with Gasteiger partial charge >= 0.3 is 5.97 Å². The van der Waals surface area contributed by atoms with Crippen LogP contribution in [0.3, 0.4) is 0 Å². The van der Waals surface area contributed by atoms with Crippen molar-refractivity contribution in [3.8, 4) is 0 Å². The van der Waals surface area contributed by atoms with Crippen molar-refractivity contribution in [1.29, 1.82) is 0 Å². The predicted molar refractivity (Wildman–Crippen MR) is 102 cm³/mol. The van der Waals surface area contributed by atoms with E-state index in [1.807, 2.05) is 0 Å². The number of hydrogen-bond donors (Lipinski definition) is 3. The minimum atomic E-state index is -0.915. The Morgan fingerprint density at radius 2 is 2.00 bits per heavy atom. The molecule has 1 fully saturated rings. The van der Waals surface area contributed by atoms with E-state index >= 15 is 0 Å². The van der Waals surface area contributed by atoms with E-state index in [-0.39, 0.29) is 37.3 Å². The average molecular weight is 404 g/mol. The third-order valence-electron chi connectivity index (χ3n) is 4.23. The maximum absolute atomic E-state index is 12.0. The van der Waals surface area contributed by atoms with Crippen molar-refractivity contribution in [3.63, 3.8) is 0 Å². The maximum Gasteiger partial charge on any atom is 0.320 e. The number of carboxylic acids is 1. The lowest BCUT2D eigenvalue weighted by atomic mass is 10.0. The number of carbonyl (C=O) groups excluding carboxylic acids is 2. The lowest BCUT2D eigenvalue weighted by Crippen LogP contribution is -2.49. The Morgan fingerprint density at radius 1 is 1.27 bits per heavy atom. The fourth-order valence-electron chi connectivity index (χ4n) is 2.82. The molecule has 1 aromatic rings. The molecule has 1 unspecified atom stereocenters. The Balaban J connectivity index is 0.00000338. The van der Waals surface area contributed by atoms with Crippen LogP contribution in [0.25, 0.3) is 0 Å². The third kappa shape index (κ3) is 6.16. The van der Waals surface area contributed by atoms with Crippen LogP contribution >= 0.6 is 24.0 Å². The zero-order chi connectivity index (χ0) is 18.4. The number of carbonyl (C=O) groups is 3. The summed E-state index contributed by atoms with van der Waals surface area (Å²) < 4.78 is 0. The van der Waals surface area contributed by atoms with E-state index in [1.54, 1.807) is 30.0 Å². The topological polar surface area (TPSA) is 98.7 Å². The van der Waals surface area contributed by atoms with E-state index in [1.165, 1.54) is 0 Å². The van der Waals surface area contributed by atoms with Crippen molar-refractivity contribution in [2.75, 3.05) is 25.0 Å². The Bertz CT molecular complexity index is 669. The summed E-state index contributed by atoms with van der Waals surface area (Å²) in [7, 11) is 0. The molecule has 1 heterocycles. The SMILES string of the molecule is Cc1c(Cl)cccc1NC(=O)CNC(=O)CN1CCCCC1C(=O)O.Cl. The Morgan fingerprint density at radius 3 is 2.69 bits per heavy atom. The summed E-state index contributed by atoms with van der Waals surface area (Å²) in [5, 5.41) is 15.0. The average Bonchev–Trinajstić information content (AvgIpc) is 2.57. The van der Waals surface area contributed by atoms with Gasteiger partial charge in [-0.25, -0.2) is 0 Å². The summed E-state index contributed by atoms with van der Waals surface area (Å²) in [6.45, 7) is 2.15. The lowest BCUT2D eigenvalue weighted by Gasteiger charge is -2.32. The monoisotopic (exact) mass is 403 g/mol. The Kier molecular flexibility index (Phi) is 8.84. The molecule has 1 aliphatic rings. The van der Waals surface area contributed by atoms with Crippen LogP contribution in [0, 0.1) is 6.92 Å². The van der Waals surface area contributed by atoms with Crippen LogP contribution in [0.4, 0.5) is 5.69 Å². The summed E-state index contributed by atoms with van der Waals surface area (Å²) in [4.78, 5) is 36.8. The Hall–Kier alpha value is -1.83. The van der Waals surface area contributed by atoms with Gasteiger partial charge in [-0.15, -0.1) is 12.4 Å². The van der Waals surface area contributed by atoms with Gasteiger partial charge in [0.2, 0.25) is 11.8 Å². The summed E-state index contributed by atoms with van der Waals surface area (Å²) >= 11 is 6.00. The molecular formula is C17H23Cl2N3O4. The number of piperidine rings is 1. The second kappa shape index (κ2) is 10.4. The van der Waals surface area contributed by atoms with Gasteiger partial charge in [-0.1, -0.05) is 24.1 Å². The van der Waals surface area contributed by atoms with Gasteiger partial charge in [-0.2, -0.15) is 0 Å². The number of anilines is 1. The molecule has 1 atom stereocenters. The number of aliphatic carboxylic acids is 1. The lowest BCUT2D eigenvalue weighted by molar-refractivity contribution is -0.145. The number of benzene rings is 1. The molecule has 2 rings (SSSR count). The van der Waals surface area contributed by atoms with Crippen molar-refractivity contribution >= 4 is 47.5 Å². The number of carboxylic acid groups (broad SMARTS) is 1. The van der Waals surface area contributed by atoms with E-state index in [0.717, 1.165) is 18.4 Å². The van der Waals surface area contributed by atoms with Crippen LogP contribution in [0.15, 0.2) is 18.2 Å². The second-order valence-corrected chi connectivity index (χ2v) is 6.46. The first-order chi connectivity index (χ1) is 11.9. The van der Waals surface area contributed by atoms with Gasteiger partial charge in [0, 0.05) is 10.7 Å². The van der Waals surface area contributed by atoms with Gasteiger partial charge in [0.15, 0.2) is 0 Å². The van der Waals surface area contributed by atoms with Gasteiger partial charge in [0.25, 0.3) is 0 Å². The van der Waals surface area contributed by atoms with E-state index in [2.05, 4.69) is 10.6 Å². The van der Waals surface area contributed by atoms with Crippen molar-refractivity contribution in [2.24, 2.45) is 0 Å². The highest BCUT2D eigenvalue weighted by atomic mass is 35.5. The summed E-state index contributed by atoms with van der Waals surface area (Å²) in [5.41, 5.74) is 1.34. The van der Waals surface area contributed by atoms with Crippen LogP contribution in [-0.2, 0) is 14.4 Å². The molecule has 3 N–H and O–H groups in total. The van der Waals surface area contributed by atoms with Gasteiger partial charge in [-0.3, -0.25) is 19.3 Å². The third-order valence-corrected chi connectivity index (χ3v) is 4.64. The highest BCUT2D eigenvalue weighted by molar-refractivity contribution is 6.31. The normalized spacial score (nSPS) is 17.1. The fourth-order valence-corrected chi connectivity index (χ4v) is 2.99. The number of hydrogen-bond acceptors (Lipinski definition) is 4. The minimum Gasteiger partial charge on any atom is -0.480 e. The van der Waals surface area contributed by atoms with Gasteiger partial charge < -0.3 is 15.7 Å². The number of likely N-dealkylation sites (tertiary alicyclic amines) is 1. The number of nitrogens with one attached hydrogen (secondary N) is 2. The quantitative estimate of drug-likeness (QED) is 0.674. The number of rotatable bonds is 6. The van der Waals surface area contributed by atoms with Crippen LogP contribution in [0.5, 0.6) is 0 Å². The van der Waals surface area contributed by atoms with E-state index in [4.69, 9.17) is 11.6 Å². The zero-order valence-electron chi connectivity index (χ0n) is 14.5. The molecular weight excluding hydrogens is 381 g/mol. The molecule has 0 aromatic heterocycles. The largest absolute Gasteiger partial charge is 0.480 e. The molecule has 1 aliphatic heterocycles. The van der Waals surface area contributed by atoms with Crippen molar-refractivity contribution in [1.82, 2.24) is 10.2 Å². The number of nitrogens with zero attached hydrogens (tertiary/aromatic N) is 1. The molecule has 144 valence electrons. The molecule has 26 heavy (non-hydrogen) atoms. The van der Waals surface area contributed by atoms with Crippen LogP contribution in [0.2, 0.25) is 5.02 Å². The van der Waals surface area contributed by atoms with Gasteiger partial charge in [-0.05, 0) is 44.0 Å². The molecule has 0 spiro atoms. The van der Waals surface area contributed by atoms with E-state index in [9.17, 15) is 19.5 Å². The molecule has 2 amide bonds. The van der Waals surface area contributed by atoms with Gasteiger partial charge in [0.1, 0.15) is 6.04 Å². The van der Waals surface area contributed by atoms with Crippen LogP contribution < -0.4 is 10.6 Å². The van der Waals surface area contributed by atoms with Gasteiger partial charge in [0.05, 0.1) is 13.1 Å². The molecule has 7 nitrogen and oxygen atoms in total. The summed E-state index contributed by atoms with van der Waals surface area (Å²) in [6.07, 6.45) is 2.25. The first-order valence-corrected chi connectivity index (χ1v) is 8.55. The first-order valence-electron chi connectivity index (χ1n) is 8.17. The number of amides is 2. The van der Waals surface area contributed by atoms with Crippen molar-refractivity contribution in [2.45, 2.75) is 32.2 Å². The van der Waals surface area contributed by atoms with E-state index < -0.39 is 12.0 Å². The highest BCUT2D eigenvalue weighted by Crippen LogP contribution is 2.22. The van der Waals surface area contributed by atoms with Crippen LogP contribution in [-0.4, -0.2) is 53.5 Å². The molecule has 9 heteroatoms. The minimum absolute atomic E-state index is 0. The standard InChI is InChI=1S/C17H22ClN3O4.ClH/c1-11-12(18)5-4-6-13(11)20-15(22)9-19-16(23)10-21-8-3-2-7-14(21)17(24)25;/h4-6,14H,2-3,7-10H2,1H3,(H,19,23)(H,20,22)(H,24,25);1H. The molecule has 0 radical (unpaired) electrons. The molecule has 1 aromatic carbocycles. The fraction of sp³-hybridized carbons (Fsp3) is 0.471. The molecule has 0 saturated carbocycles. The molecule has 0 aliphatic carbocycles. The molecule has 0 bridgehead atoms. The smallest absolute Gasteiger partial charge is 0.320 e. The van der Waals surface area contributed by atoms with E-state index in [0.29, 0.717) is 23.7 Å². The van der Waals surface area contributed by atoms with Crippen molar-refractivity contribution < 1.29 is 19.5 Å². The van der Waals surface area contributed by atoms with Crippen LogP contribution in [0.1, 0.15) is 24.8 Å². The zero-order valence-corrected chi connectivity index (χ0v) is 16.0. The highest BCUT2D eigenvalue weighted by Gasteiger charge is 2.29. The Labute approximate surface area is 163 Å². The summed E-state index contributed by atoms with van der Waals surface area (Å²) in [6, 6.07) is 4.55. The molecule has 1 saturated heterocycles. The number of halogens is 2. The van der Waals surface area contributed by atoms with Crippen molar-refractivity contribution in [3.05, 3.63) is 28.8 Å².